The zero-order valence-electron chi connectivity index (χ0n) is 12.7. The van der Waals surface area contributed by atoms with Gasteiger partial charge in [0.1, 0.15) is 11.6 Å². The van der Waals surface area contributed by atoms with Crippen LogP contribution in [0.2, 0.25) is 0 Å². The molecule has 0 aliphatic heterocycles. The Balaban J connectivity index is 1.77. The van der Waals surface area contributed by atoms with E-state index in [9.17, 15) is 22.4 Å². The molecule has 4 nitrogen and oxygen atoms in total. The van der Waals surface area contributed by atoms with Crippen LogP contribution in [0, 0.1) is 5.82 Å². The van der Waals surface area contributed by atoms with Gasteiger partial charge in [-0.1, -0.05) is 11.3 Å². The summed E-state index contributed by atoms with van der Waals surface area (Å²) in [7, 11) is 0. The Bertz CT molecular complexity index is 975. The fourth-order valence-corrected chi connectivity index (χ4v) is 3.47. The van der Waals surface area contributed by atoms with Gasteiger partial charge in [0.15, 0.2) is 11.7 Å². The summed E-state index contributed by atoms with van der Waals surface area (Å²) in [4.78, 5) is 16.5. The third-order valence-corrected chi connectivity index (χ3v) is 4.75. The number of carbonyl (C=O) groups excluding carboxylic acids is 1. The lowest BCUT2D eigenvalue weighted by Gasteiger charge is -2.08. The first-order chi connectivity index (χ1) is 12.2. The molecule has 1 N–H and O–H groups in total. The topological polar surface area (TPSA) is 51.2 Å². The molecular weight excluding hydrogens is 440 g/mol. The normalized spacial score (nSPS) is 11.6. The van der Waals surface area contributed by atoms with Gasteiger partial charge in [0.25, 0.3) is 5.91 Å². The van der Waals surface area contributed by atoms with Gasteiger partial charge in [-0.2, -0.15) is 13.2 Å². The van der Waals surface area contributed by atoms with Gasteiger partial charge in [-0.3, -0.25) is 10.1 Å². The fraction of sp³-hybridized carbons (Fsp3) is 0.125. The first kappa shape index (κ1) is 18.6. The van der Waals surface area contributed by atoms with Crippen LogP contribution in [0.5, 0.6) is 5.75 Å². The lowest BCUT2D eigenvalue weighted by Crippen LogP contribution is -2.19. The van der Waals surface area contributed by atoms with Crippen LogP contribution < -0.4 is 10.1 Å². The van der Waals surface area contributed by atoms with Crippen LogP contribution in [0.15, 0.2) is 40.9 Å². The number of halogens is 5. The average molecular weight is 449 g/mol. The lowest BCUT2D eigenvalue weighted by atomic mass is 10.2. The maximum atomic E-state index is 13.1. The number of alkyl halides is 3. The highest BCUT2D eigenvalue weighted by Gasteiger charge is 2.28. The molecule has 0 fully saturated rings. The summed E-state index contributed by atoms with van der Waals surface area (Å²) < 4.78 is 55.3. The molecule has 1 heterocycles. The van der Waals surface area contributed by atoms with E-state index in [2.05, 4.69) is 31.0 Å². The number of nitrogens with zero attached hydrogens (tertiary/aromatic N) is 1. The van der Waals surface area contributed by atoms with Gasteiger partial charge in [-0.05, 0) is 52.3 Å². The second-order valence-corrected chi connectivity index (χ2v) is 7.02. The van der Waals surface area contributed by atoms with E-state index in [4.69, 9.17) is 0 Å². The largest absolute Gasteiger partial charge is 0.484 e. The molecule has 0 aliphatic rings. The minimum atomic E-state index is -4.43. The SMILES string of the molecule is O=C(Nc1nc2ccc(OCC(F)(F)F)cc2s1)c1ccc(F)cc1Br. The van der Waals surface area contributed by atoms with Crippen LogP contribution in [0.3, 0.4) is 0 Å². The molecule has 3 rings (SSSR count). The number of hydrogen-bond donors (Lipinski definition) is 1. The summed E-state index contributed by atoms with van der Waals surface area (Å²) in [6.07, 6.45) is -4.43. The molecule has 136 valence electrons. The number of anilines is 1. The molecule has 26 heavy (non-hydrogen) atoms. The summed E-state index contributed by atoms with van der Waals surface area (Å²) in [5.41, 5.74) is 0.725. The molecule has 0 bridgehead atoms. The number of hydrogen-bond acceptors (Lipinski definition) is 4. The molecule has 0 atom stereocenters. The average Bonchev–Trinajstić information content (AvgIpc) is 2.93. The van der Waals surface area contributed by atoms with Crippen LogP contribution in [-0.2, 0) is 0 Å². The molecule has 1 amide bonds. The van der Waals surface area contributed by atoms with Crippen molar-refractivity contribution in [2.75, 3.05) is 11.9 Å². The van der Waals surface area contributed by atoms with E-state index in [-0.39, 0.29) is 16.4 Å². The summed E-state index contributed by atoms with van der Waals surface area (Å²) >= 11 is 4.20. The summed E-state index contributed by atoms with van der Waals surface area (Å²) in [6.45, 7) is -1.39. The number of thiazole rings is 1. The second kappa shape index (κ2) is 7.20. The van der Waals surface area contributed by atoms with E-state index >= 15 is 0 Å². The molecule has 10 heteroatoms. The van der Waals surface area contributed by atoms with Crippen molar-refractivity contribution in [3.05, 3.63) is 52.3 Å². The lowest BCUT2D eigenvalue weighted by molar-refractivity contribution is -0.153. The number of rotatable bonds is 4. The number of amides is 1. The third kappa shape index (κ3) is 4.50. The first-order valence-electron chi connectivity index (χ1n) is 7.08. The number of benzene rings is 2. The van der Waals surface area contributed by atoms with Gasteiger partial charge in [0, 0.05) is 4.47 Å². The van der Waals surface area contributed by atoms with E-state index in [1.165, 1.54) is 24.3 Å². The van der Waals surface area contributed by atoms with Gasteiger partial charge >= 0.3 is 6.18 Å². The number of nitrogens with one attached hydrogen (secondary N) is 1. The Labute approximate surface area is 156 Å². The zero-order chi connectivity index (χ0) is 18.9. The molecule has 0 saturated heterocycles. The van der Waals surface area contributed by atoms with Gasteiger partial charge in [-0.15, -0.1) is 0 Å². The number of fused-ring (bicyclic) bond motifs is 1. The molecule has 0 spiro atoms. The van der Waals surface area contributed by atoms with Gasteiger partial charge < -0.3 is 4.74 Å². The van der Waals surface area contributed by atoms with E-state index in [1.54, 1.807) is 0 Å². The maximum absolute atomic E-state index is 13.1. The van der Waals surface area contributed by atoms with Gasteiger partial charge in [0.2, 0.25) is 0 Å². The van der Waals surface area contributed by atoms with Crippen molar-refractivity contribution in [1.82, 2.24) is 4.98 Å². The summed E-state index contributed by atoms with van der Waals surface area (Å²) in [6, 6.07) is 7.93. The third-order valence-electron chi connectivity index (χ3n) is 3.16. The van der Waals surface area contributed by atoms with E-state index in [0.717, 1.165) is 23.5 Å². The second-order valence-electron chi connectivity index (χ2n) is 5.13. The smallest absolute Gasteiger partial charge is 0.422 e. The summed E-state index contributed by atoms with van der Waals surface area (Å²) in [5, 5.41) is 2.84. The molecule has 0 unspecified atom stereocenters. The number of aromatic nitrogens is 1. The quantitative estimate of drug-likeness (QED) is 0.544. The van der Waals surface area contributed by atoms with Crippen molar-refractivity contribution in [2.45, 2.75) is 6.18 Å². The zero-order valence-corrected chi connectivity index (χ0v) is 15.1. The summed E-state index contributed by atoms with van der Waals surface area (Å²) in [5.74, 6) is -0.929. The Morgan fingerprint density at radius 1 is 1.23 bits per heavy atom. The molecule has 2 aromatic carbocycles. The van der Waals surface area contributed by atoms with E-state index in [1.807, 2.05) is 0 Å². The monoisotopic (exact) mass is 448 g/mol. The Kier molecular flexibility index (Phi) is 5.15. The highest BCUT2D eigenvalue weighted by atomic mass is 79.9. The van der Waals surface area contributed by atoms with Gasteiger partial charge in [-0.25, -0.2) is 9.37 Å². The van der Waals surface area contributed by atoms with Crippen molar-refractivity contribution < 1.29 is 27.1 Å². The molecule has 0 radical (unpaired) electrons. The minimum Gasteiger partial charge on any atom is -0.484 e. The van der Waals surface area contributed by atoms with Gasteiger partial charge in [0.05, 0.1) is 15.8 Å². The number of carbonyl (C=O) groups is 1. The molecule has 0 saturated carbocycles. The van der Waals surface area contributed by atoms with Crippen molar-refractivity contribution in [2.24, 2.45) is 0 Å². The van der Waals surface area contributed by atoms with Crippen LogP contribution in [0.25, 0.3) is 10.2 Å². The highest BCUT2D eigenvalue weighted by molar-refractivity contribution is 9.10. The van der Waals surface area contributed by atoms with Crippen molar-refractivity contribution in [1.29, 1.82) is 0 Å². The minimum absolute atomic E-state index is 0.0534. The Hall–Kier alpha value is -2.20. The predicted molar refractivity (Wildman–Crippen MR) is 93.2 cm³/mol. The molecule has 0 aliphatic carbocycles. The molecule has 3 aromatic rings. The highest BCUT2D eigenvalue weighted by Crippen LogP contribution is 2.30. The Morgan fingerprint density at radius 3 is 2.69 bits per heavy atom. The van der Waals surface area contributed by atoms with Crippen LogP contribution in [-0.4, -0.2) is 23.7 Å². The first-order valence-corrected chi connectivity index (χ1v) is 8.69. The predicted octanol–water partition coefficient (Wildman–Crippen LogP) is 5.39. The molecular formula is C16H9BrF4N2O2S. The Morgan fingerprint density at radius 2 is 2.00 bits per heavy atom. The molecule has 1 aromatic heterocycles. The van der Waals surface area contributed by atoms with Crippen molar-refractivity contribution in [3.63, 3.8) is 0 Å². The van der Waals surface area contributed by atoms with Crippen LogP contribution in [0.4, 0.5) is 22.7 Å². The van der Waals surface area contributed by atoms with Crippen molar-refractivity contribution >= 4 is 48.5 Å². The standard InChI is InChI=1S/C16H9BrF4N2O2S/c17-11-5-8(18)1-3-10(11)14(24)23-15-22-12-4-2-9(6-13(12)26-15)25-7-16(19,20)21/h1-6H,7H2,(H,22,23,24). The van der Waals surface area contributed by atoms with Crippen LogP contribution in [0.1, 0.15) is 10.4 Å². The van der Waals surface area contributed by atoms with E-state index < -0.39 is 24.5 Å². The number of ether oxygens (including phenoxy) is 1. The van der Waals surface area contributed by atoms with E-state index in [0.29, 0.717) is 14.7 Å². The van der Waals surface area contributed by atoms with Crippen LogP contribution >= 0.6 is 27.3 Å². The van der Waals surface area contributed by atoms with Crippen molar-refractivity contribution in [3.8, 4) is 5.75 Å². The fourth-order valence-electron chi connectivity index (χ4n) is 2.05. The maximum Gasteiger partial charge on any atom is 0.422 e.